The highest BCUT2D eigenvalue weighted by molar-refractivity contribution is 7.15. The van der Waals surface area contributed by atoms with Crippen molar-refractivity contribution in [1.29, 1.82) is 0 Å². The number of aliphatic carboxylic acids is 1. The van der Waals surface area contributed by atoms with E-state index in [0.29, 0.717) is 13.0 Å². The number of carboxylic acid groups (broad SMARTS) is 1. The highest BCUT2D eigenvalue weighted by Gasteiger charge is 2.32. The van der Waals surface area contributed by atoms with Crippen molar-refractivity contribution < 1.29 is 14.6 Å². The lowest BCUT2D eigenvalue weighted by Crippen LogP contribution is -2.17. The highest BCUT2D eigenvalue weighted by atomic mass is 32.1. The molecule has 2 rings (SSSR count). The van der Waals surface area contributed by atoms with Gasteiger partial charge in [-0.1, -0.05) is 0 Å². The van der Waals surface area contributed by atoms with Crippen LogP contribution in [0.2, 0.25) is 0 Å². The molecule has 0 aliphatic heterocycles. The lowest BCUT2D eigenvalue weighted by molar-refractivity contribution is -0.138. The molecule has 5 nitrogen and oxygen atoms in total. The summed E-state index contributed by atoms with van der Waals surface area (Å²) < 4.78 is 5.03. The molecule has 1 aromatic heterocycles. The van der Waals surface area contributed by atoms with Gasteiger partial charge in [0.2, 0.25) is 0 Å². The summed E-state index contributed by atoms with van der Waals surface area (Å²) in [7, 11) is 1.68. The van der Waals surface area contributed by atoms with Gasteiger partial charge in [0.15, 0.2) is 5.13 Å². The molecule has 6 heteroatoms. The molecule has 1 aliphatic carbocycles. The zero-order chi connectivity index (χ0) is 13.1. The van der Waals surface area contributed by atoms with Crippen molar-refractivity contribution >= 4 is 22.4 Å². The van der Waals surface area contributed by atoms with Crippen molar-refractivity contribution in [2.45, 2.75) is 38.1 Å². The van der Waals surface area contributed by atoms with E-state index in [1.54, 1.807) is 18.4 Å². The first-order valence-corrected chi connectivity index (χ1v) is 6.91. The van der Waals surface area contributed by atoms with Gasteiger partial charge >= 0.3 is 5.97 Å². The van der Waals surface area contributed by atoms with Gasteiger partial charge in [0.1, 0.15) is 5.92 Å². The van der Waals surface area contributed by atoms with Crippen LogP contribution in [-0.2, 0) is 16.0 Å². The quantitative estimate of drug-likeness (QED) is 0.828. The molecule has 2 atom stereocenters. The minimum atomic E-state index is -0.766. The Bertz CT molecular complexity index is 433. The number of anilines is 1. The van der Waals surface area contributed by atoms with Gasteiger partial charge in [-0.3, -0.25) is 4.79 Å². The van der Waals surface area contributed by atoms with Crippen molar-refractivity contribution in [2.75, 3.05) is 19.0 Å². The number of methoxy groups -OCH3 is 1. The van der Waals surface area contributed by atoms with Crippen molar-refractivity contribution in [2.24, 2.45) is 0 Å². The molecule has 1 aliphatic rings. The van der Waals surface area contributed by atoms with Gasteiger partial charge in [-0.2, -0.15) is 0 Å². The van der Waals surface area contributed by atoms with Gasteiger partial charge in [0, 0.05) is 24.6 Å². The molecule has 0 saturated carbocycles. The van der Waals surface area contributed by atoms with Crippen LogP contribution in [0.1, 0.15) is 36.3 Å². The van der Waals surface area contributed by atoms with Crippen LogP contribution in [0.15, 0.2) is 0 Å². The number of carboxylic acids is 1. The largest absolute Gasteiger partial charge is 0.481 e. The molecule has 18 heavy (non-hydrogen) atoms. The molecule has 0 radical (unpaired) electrons. The molecule has 0 saturated heterocycles. The van der Waals surface area contributed by atoms with Crippen molar-refractivity contribution in [3.05, 3.63) is 10.6 Å². The average molecular weight is 270 g/mol. The summed E-state index contributed by atoms with van der Waals surface area (Å²) in [5, 5.41) is 13.2. The predicted octanol–water partition coefficient (Wildman–Crippen LogP) is 2.09. The molecular formula is C12H18N2O3S. The maximum absolute atomic E-state index is 11.1. The van der Waals surface area contributed by atoms with E-state index < -0.39 is 11.9 Å². The number of nitrogens with zero attached hydrogens (tertiary/aromatic N) is 1. The Morgan fingerprint density at radius 2 is 2.50 bits per heavy atom. The molecule has 2 unspecified atom stereocenters. The molecule has 0 spiro atoms. The number of thiazole rings is 1. The van der Waals surface area contributed by atoms with Crippen LogP contribution >= 0.6 is 11.3 Å². The second-order valence-corrected chi connectivity index (χ2v) is 5.67. The third-order valence-electron chi connectivity index (χ3n) is 3.14. The van der Waals surface area contributed by atoms with E-state index in [-0.39, 0.29) is 6.04 Å². The van der Waals surface area contributed by atoms with Gasteiger partial charge in [-0.05, 0) is 26.2 Å². The maximum atomic E-state index is 11.1. The zero-order valence-electron chi connectivity index (χ0n) is 10.6. The first-order valence-electron chi connectivity index (χ1n) is 6.09. The van der Waals surface area contributed by atoms with Crippen molar-refractivity contribution in [3.8, 4) is 0 Å². The van der Waals surface area contributed by atoms with E-state index in [0.717, 1.165) is 28.5 Å². The summed E-state index contributed by atoms with van der Waals surface area (Å²) in [5.41, 5.74) is 0.758. The Balaban J connectivity index is 2.00. The van der Waals surface area contributed by atoms with E-state index in [1.807, 2.05) is 0 Å². The zero-order valence-corrected chi connectivity index (χ0v) is 11.4. The lowest BCUT2D eigenvalue weighted by atomic mass is 10.1. The SMILES string of the molecule is COCCC(C)Nc1nc2c(s1)CCC2C(=O)O. The Morgan fingerprint density at radius 3 is 3.17 bits per heavy atom. The number of fused-ring (bicyclic) bond motifs is 1. The summed E-state index contributed by atoms with van der Waals surface area (Å²) >= 11 is 1.58. The maximum Gasteiger partial charge on any atom is 0.312 e. The average Bonchev–Trinajstić information content (AvgIpc) is 2.84. The van der Waals surface area contributed by atoms with Gasteiger partial charge in [-0.15, -0.1) is 11.3 Å². The van der Waals surface area contributed by atoms with E-state index in [1.165, 1.54) is 0 Å². The van der Waals surface area contributed by atoms with Crippen LogP contribution in [0.5, 0.6) is 0 Å². The second kappa shape index (κ2) is 5.67. The summed E-state index contributed by atoms with van der Waals surface area (Å²) in [6.07, 6.45) is 2.42. The minimum Gasteiger partial charge on any atom is -0.481 e. The van der Waals surface area contributed by atoms with Gasteiger partial charge in [-0.25, -0.2) is 4.98 Å². The lowest BCUT2D eigenvalue weighted by Gasteiger charge is -2.12. The summed E-state index contributed by atoms with van der Waals surface area (Å²) in [6, 6.07) is 0.277. The normalized spacial score (nSPS) is 19.6. The number of rotatable bonds is 6. The van der Waals surface area contributed by atoms with Crippen LogP contribution in [-0.4, -0.2) is 35.8 Å². The van der Waals surface area contributed by atoms with E-state index in [2.05, 4.69) is 17.2 Å². The number of aromatic nitrogens is 1. The molecule has 1 heterocycles. The van der Waals surface area contributed by atoms with Crippen molar-refractivity contribution in [3.63, 3.8) is 0 Å². The number of aryl methyl sites for hydroxylation is 1. The number of carbonyl (C=O) groups is 1. The van der Waals surface area contributed by atoms with Gasteiger partial charge in [0.05, 0.1) is 5.69 Å². The van der Waals surface area contributed by atoms with Crippen LogP contribution in [0.4, 0.5) is 5.13 Å². The Labute approximate surface area is 110 Å². The molecule has 100 valence electrons. The standard InChI is InChI=1S/C12H18N2O3S/c1-7(5-6-17-2)13-12-14-10-8(11(15)16)3-4-9(10)18-12/h7-8H,3-6H2,1-2H3,(H,13,14)(H,15,16). The summed E-state index contributed by atoms with van der Waals surface area (Å²) in [4.78, 5) is 16.6. The highest BCUT2D eigenvalue weighted by Crippen LogP contribution is 2.38. The van der Waals surface area contributed by atoms with Crippen LogP contribution in [0.3, 0.4) is 0 Å². The summed E-state index contributed by atoms with van der Waals surface area (Å²) in [5.74, 6) is -1.18. The number of hydrogen-bond donors (Lipinski definition) is 2. The molecule has 0 amide bonds. The fourth-order valence-corrected chi connectivity index (χ4v) is 3.26. The molecule has 0 fully saturated rings. The Kier molecular flexibility index (Phi) is 4.19. The predicted molar refractivity (Wildman–Crippen MR) is 70.4 cm³/mol. The van der Waals surface area contributed by atoms with Gasteiger partial charge in [0.25, 0.3) is 0 Å². The minimum absolute atomic E-state index is 0.277. The number of ether oxygens (including phenoxy) is 1. The van der Waals surface area contributed by atoms with E-state index in [9.17, 15) is 4.79 Å². The first-order chi connectivity index (χ1) is 8.61. The first kappa shape index (κ1) is 13.3. The molecule has 2 N–H and O–H groups in total. The Morgan fingerprint density at radius 1 is 1.72 bits per heavy atom. The van der Waals surface area contributed by atoms with Crippen molar-refractivity contribution in [1.82, 2.24) is 4.98 Å². The second-order valence-electron chi connectivity index (χ2n) is 4.58. The van der Waals surface area contributed by atoms with Crippen LogP contribution in [0.25, 0.3) is 0 Å². The third-order valence-corrected chi connectivity index (χ3v) is 4.20. The van der Waals surface area contributed by atoms with Crippen LogP contribution < -0.4 is 5.32 Å². The number of hydrogen-bond acceptors (Lipinski definition) is 5. The molecule has 0 bridgehead atoms. The molecular weight excluding hydrogens is 252 g/mol. The van der Waals surface area contributed by atoms with Gasteiger partial charge < -0.3 is 15.2 Å². The third kappa shape index (κ3) is 2.81. The monoisotopic (exact) mass is 270 g/mol. The molecule has 0 aromatic carbocycles. The fraction of sp³-hybridized carbons (Fsp3) is 0.667. The fourth-order valence-electron chi connectivity index (χ4n) is 2.11. The van der Waals surface area contributed by atoms with E-state index in [4.69, 9.17) is 9.84 Å². The van der Waals surface area contributed by atoms with E-state index >= 15 is 0 Å². The smallest absolute Gasteiger partial charge is 0.312 e. The Hall–Kier alpha value is -1.14. The number of nitrogens with one attached hydrogen (secondary N) is 1. The topological polar surface area (TPSA) is 71.5 Å². The summed E-state index contributed by atoms with van der Waals surface area (Å²) in [6.45, 7) is 2.78. The molecule has 1 aromatic rings. The van der Waals surface area contributed by atoms with Crippen LogP contribution in [0, 0.1) is 0 Å².